The van der Waals surface area contributed by atoms with Gasteiger partial charge in [-0.15, -0.1) is 0 Å². The SMILES string of the molecule is COC(=O)c1ccc(N)cc1OCC(O)C(C)C. The molecule has 100 valence electrons. The van der Waals surface area contributed by atoms with Gasteiger partial charge < -0.3 is 20.3 Å². The van der Waals surface area contributed by atoms with Crippen molar-refractivity contribution < 1.29 is 19.4 Å². The van der Waals surface area contributed by atoms with Crippen LogP contribution in [0.1, 0.15) is 24.2 Å². The summed E-state index contributed by atoms with van der Waals surface area (Å²) in [6, 6.07) is 4.68. The highest BCUT2D eigenvalue weighted by atomic mass is 16.5. The van der Waals surface area contributed by atoms with Crippen molar-refractivity contribution in [3.05, 3.63) is 23.8 Å². The number of methoxy groups -OCH3 is 1. The fraction of sp³-hybridized carbons (Fsp3) is 0.462. The first kappa shape index (κ1) is 14.3. The Labute approximate surface area is 107 Å². The van der Waals surface area contributed by atoms with E-state index in [9.17, 15) is 9.90 Å². The Kier molecular flexibility index (Phi) is 4.97. The molecule has 0 aromatic heterocycles. The zero-order valence-electron chi connectivity index (χ0n) is 10.8. The molecule has 5 heteroatoms. The molecule has 1 unspecified atom stereocenters. The molecular weight excluding hydrogens is 234 g/mol. The first-order valence-corrected chi connectivity index (χ1v) is 5.74. The zero-order chi connectivity index (χ0) is 13.7. The van der Waals surface area contributed by atoms with Gasteiger partial charge in [0.05, 0.1) is 13.2 Å². The molecule has 0 saturated heterocycles. The number of esters is 1. The first-order chi connectivity index (χ1) is 8.45. The van der Waals surface area contributed by atoms with Gasteiger partial charge in [0.25, 0.3) is 0 Å². The van der Waals surface area contributed by atoms with Gasteiger partial charge in [0, 0.05) is 11.8 Å². The Balaban J connectivity index is 2.86. The summed E-state index contributed by atoms with van der Waals surface area (Å²) >= 11 is 0. The summed E-state index contributed by atoms with van der Waals surface area (Å²) in [4.78, 5) is 11.5. The number of nitrogen functional groups attached to an aromatic ring is 1. The lowest BCUT2D eigenvalue weighted by Crippen LogP contribution is -2.24. The maximum Gasteiger partial charge on any atom is 0.341 e. The summed E-state index contributed by atoms with van der Waals surface area (Å²) in [5, 5.41) is 9.67. The van der Waals surface area contributed by atoms with Gasteiger partial charge in [-0.1, -0.05) is 13.8 Å². The molecule has 0 heterocycles. The number of hydrogen-bond donors (Lipinski definition) is 2. The third kappa shape index (κ3) is 3.63. The summed E-state index contributed by atoms with van der Waals surface area (Å²) < 4.78 is 10.1. The molecule has 0 aliphatic rings. The Morgan fingerprint density at radius 3 is 2.67 bits per heavy atom. The third-order valence-corrected chi connectivity index (χ3v) is 2.59. The zero-order valence-corrected chi connectivity index (χ0v) is 10.8. The van der Waals surface area contributed by atoms with Gasteiger partial charge in [-0.3, -0.25) is 0 Å². The van der Waals surface area contributed by atoms with Crippen LogP contribution in [0.2, 0.25) is 0 Å². The second kappa shape index (κ2) is 6.26. The number of aliphatic hydroxyl groups is 1. The summed E-state index contributed by atoms with van der Waals surface area (Å²) in [7, 11) is 1.30. The fourth-order valence-electron chi connectivity index (χ4n) is 1.30. The molecule has 0 amide bonds. The van der Waals surface area contributed by atoms with E-state index >= 15 is 0 Å². The van der Waals surface area contributed by atoms with Crippen molar-refractivity contribution in [2.45, 2.75) is 20.0 Å². The largest absolute Gasteiger partial charge is 0.490 e. The average molecular weight is 253 g/mol. The van der Waals surface area contributed by atoms with Gasteiger partial charge in [0.2, 0.25) is 0 Å². The van der Waals surface area contributed by atoms with Crippen molar-refractivity contribution in [1.29, 1.82) is 0 Å². The predicted molar refractivity (Wildman–Crippen MR) is 68.5 cm³/mol. The van der Waals surface area contributed by atoms with Crippen LogP contribution < -0.4 is 10.5 Å². The van der Waals surface area contributed by atoms with Crippen LogP contribution in [0.3, 0.4) is 0 Å². The molecule has 1 aromatic carbocycles. The van der Waals surface area contributed by atoms with Crippen LogP contribution in [-0.4, -0.2) is 30.9 Å². The Hall–Kier alpha value is -1.75. The third-order valence-electron chi connectivity index (χ3n) is 2.59. The first-order valence-electron chi connectivity index (χ1n) is 5.74. The second-order valence-electron chi connectivity index (χ2n) is 4.37. The van der Waals surface area contributed by atoms with Crippen LogP contribution in [-0.2, 0) is 4.74 Å². The number of carbonyl (C=O) groups is 1. The van der Waals surface area contributed by atoms with Crippen LogP contribution >= 0.6 is 0 Å². The minimum absolute atomic E-state index is 0.0765. The lowest BCUT2D eigenvalue weighted by Gasteiger charge is -2.17. The lowest BCUT2D eigenvalue weighted by atomic mass is 10.1. The van der Waals surface area contributed by atoms with E-state index in [2.05, 4.69) is 4.74 Å². The van der Waals surface area contributed by atoms with Gasteiger partial charge in [0.15, 0.2) is 0 Å². The molecule has 0 fully saturated rings. The van der Waals surface area contributed by atoms with Crippen LogP contribution in [0.4, 0.5) is 5.69 Å². The Morgan fingerprint density at radius 2 is 2.11 bits per heavy atom. The van der Waals surface area contributed by atoms with Crippen LogP contribution in [0.15, 0.2) is 18.2 Å². The van der Waals surface area contributed by atoms with Gasteiger partial charge in [-0.2, -0.15) is 0 Å². The molecule has 1 aromatic rings. The summed E-state index contributed by atoms with van der Waals surface area (Å²) in [5.41, 5.74) is 6.42. The minimum atomic E-state index is -0.600. The van der Waals surface area contributed by atoms with Crippen molar-refractivity contribution >= 4 is 11.7 Å². The Morgan fingerprint density at radius 1 is 1.44 bits per heavy atom. The highest BCUT2D eigenvalue weighted by Crippen LogP contribution is 2.23. The second-order valence-corrected chi connectivity index (χ2v) is 4.37. The number of ether oxygens (including phenoxy) is 2. The van der Waals surface area contributed by atoms with Gasteiger partial charge >= 0.3 is 5.97 Å². The van der Waals surface area contributed by atoms with Crippen LogP contribution in [0.5, 0.6) is 5.75 Å². The fourth-order valence-corrected chi connectivity index (χ4v) is 1.30. The minimum Gasteiger partial charge on any atom is -0.490 e. The van der Waals surface area contributed by atoms with E-state index < -0.39 is 12.1 Å². The molecule has 18 heavy (non-hydrogen) atoms. The molecule has 0 aliphatic heterocycles. The monoisotopic (exact) mass is 253 g/mol. The number of benzene rings is 1. The summed E-state index contributed by atoms with van der Waals surface area (Å²) in [6.07, 6.45) is -0.600. The molecular formula is C13H19NO4. The average Bonchev–Trinajstić information content (AvgIpc) is 2.34. The van der Waals surface area contributed by atoms with E-state index in [0.717, 1.165) is 0 Å². The van der Waals surface area contributed by atoms with Gasteiger partial charge in [-0.25, -0.2) is 4.79 Å². The van der Waals surface area contributed by atoms with Gasteiger partial charge in [0.1, 0.15) is 17.9 Å². The highest BCUT2D eigenvalue weighted by molar-refractivity contribution is 5.93. The smallest absolute Gasteiger partial charge is 0.341 e. The van der Waals surface area contributed by atoms with Crippen molar-refractivity contribution in [1.82, 2.24) is 0 Å². The molecule has 3 N–H and O–H groups in total. The van der Waals surface area contributed by atoms with Crippen molar-refractivity contribution in [3.8, 4) is 5.75 Å². The van der Waals surface area contributed by atoms with Crippen molar-refractivity contribution in [2.75, 3.05) is 19.5 Å². The number of aliphatic hydroxyl groups excluding tert-OH is 1. The number of carbonyl (C=O) groups excluding carboxylic acids is 1. The summed E-state index contributed by atoms with van der Waals surface area (Å²) in [6.45, 7) is 3.87. The molecule has 0 aliphatic carbocycles. The van der Waals surface area contributed by atoms with Crippen molar-refractivity contribution in [2.24, 2.45) is 5.92 Å². The van der Waals surface area contributed by atoms with Crippen molar-refractivity contribution in [3.63, 3.8) is 0 Å². The van der Waals surface area contributed by atoms with Crippen LogP contribution in [0.25, 0.3) is 0 Å². The predicted octanol–water partition coefficient (Wildman–Crippen LogP) is 1.45. The quantitative estimate of drug-likeness (QED) is 0.613. The number of hydrogen-bond acceptors (Lipinski definition) is 5. The van der Waals surface area contributed by atoms with E-state index in [-0.39, 0.29) is 12.5 Å². The molecule has 0 radical (unpaired) electrons. The molecule has 0 spiro atoms. The maximum absolute atomic E-state index is 11.5. The van der Waals surface area contributed by atoms with E-state index in [4.69, 9.17) is 10.5 Å². The van der Waals surface area contributed by atoms with Crippen LogP contribution in [0, 0.1) is 5.92 Å². The highest BCUT2D eigenvalue weighted by Gasteiger charge is 2.16. The standard InChI is InChI=1S/C13H19NO4/c1-8(2)11(15)7-18-12-6-9(14)4-5-10(12)13(16)17-3/h4-6,8,11,15H,7,14H2,1-3H3. The van der Waals surface area contributed by atoms with Gasteiger partial charge in [-0.05, 0) is 18.1 Å². The normalized spacial score (nSPS) is 12.3. The molecule has 1 atom stereocenters. The lowest BCUT2D eigenvalue weighted by molar-refractivity contribution is 0.0568. The molecule has 5 nitrogen and oxygen atoms in total. The van der Waals surface area contributed by atoms with E-state index in [1.54, 1.807) is 12.1 Å². The Bertz CT molecular complexity index is 417. The van der Waals surface area contributed by atoms with E-state index in [1.165, 1.54) is 13.2 Å². The number of rotatable bonds is 5. The summed E-state index contributed by atoms with van der Waals surface area (Å²) in [5.74, 6) is -0.0989. The number of anilines is 1. The molecule has 1 rings (SSSR count). The topological polar surface area (TPSA) is 81.8 Å². The number of nitrogens with two attached hydrogens (primary N) is 1. The van der Waals surface area contributed by atoms with E-state index in [0.29, 0.717) is 17.0 Å². The molecule has 0 saturated carbocycles. The van der Waals surface area contributed by atoms with E-state index in [1.807, 2.05) is 13.8 Å². The molecule has 0 bridgehead atoms. The maximum atomic E-state index is 11.5.